The molecule has 0 aromatic heterocycles. The topological polar surface area (TPSA) is 58.1 Å². The minimum absolute atomic E-state index is 0. The first-order valence-electron chi connectivity index (χ1n) is 10.2. The zero-order valence-electron chi connectivity index (χ0n) is 16.7. The molecule has 2 heterocycles. The van der Waals surface area contributed by atoms with Crippen molar-refractivity contribution in [1.29, 1.82) is 0 Å². The van der Waals surface area contributed by atoms with Gasteiger partial charge in [0, 0.05) is 39.4 Å². The molecule has 0 aromatic carbocycles. The van der Waals surface area contributed by atoms with Crippen LogP contribution in [0.25, 0.3) is 0 Å². The van der Waals surface area contributed by atoms with Gasteiger partial charge in [0.25, 0.3) is 0 Å². The third-order valence-corrected chi connectivity index (χ3v) is 4.78. The summed E-state index contributed by atoms with van der Waals surface area (Å²) in [4.78, 5) is 7.35. The molecule has 0 aliphatic carbocycles. The number of guanidine groups is 1. The molecule has 2 atom stereocenters. The lowest BCUT2D eigenvalue weighted by Gasteiger charge is -2.28. The summed E-state index contributed by atoms with van der Waals surface area (Å²) >= 11 is 0. The standard InChI is InChI=1S/C19H38N4O2.HI/c1-3-20-19(21-9-7-12-25-18-8-13-24-16-18)22-14-17(2)15-23-10-5-4-6-11-23;/h17-18H,3-16H2,1-2H3,(H2,20,21,22);1H. The molecule has 2 N–H and O–H groups in total. The predicted octanol–water partition coefficient (Wildman–Crippen LogP) is 2.48. The smallest absolute Gasteiger partial charge is 0.191 e. The average molecular weight is 482 g/mol. The van der Waals surface area contributed by atoms with Crippen molar-refractivity contribution < 1.29 is 9.47 Å². The molecule has 2 aliphatic heterocycles. The molecule has 0 bridgehead atoms. The lowest BCUT2D eigenvalue weighted by molar-refractivity contribution is 0.0420. The van der Waals surface area contributed by atoms with Crippen molar-refractivity contribution >= 4 is 29.9 Å². The van der Waals surface area contributed by atoms with E-state index in [-0.39, 0.29) is 24.0 Å². The molecule has 0 saturated carbocycles. The molecule has 0 spiro atoms. The molecule has 6 nitrogen and oxygen atoms in total. The predicted molar refractivity (Wildman–Crippen MR) is 119 cm³/mol. The molecule has 2 saturated heterocycles. The van der Waals surface area contributed by atoms with Crippen molar-refractivity contribution in [3.8, 4) is 0 Å². The summed E-state index contributed by atoms with van der Waals surface area (Å²) in [5.74, 6) is 1.52. The van der Waals surface area contributed by atoms with Gasteiger partial charge in [-0.05, 0) is 51.6 Å². The molecule has 2 fully saturated rings. The van der Waals surface area contributed by atoms with Crippen molar-refractivity contribution in [2.75, 3.05) is 59.1 Å². The summed E-state index contributed by atoms with van der Waals surface area (Å²) in [5.41, 5.74) is 0. The van der Waals surface area contributed by atoms with Crippen molar-refractivity contribution in [2.45, 2.75) is 52.1 Å². The van der Waals surface area contributed by atoms with E-state index in [1.54, 1.807) is 0 Å². The maximum atomic E-state index is 5.80. The molecular weight excluding hydrogens is 443 g/mol. The van der Waals surface area contributed by atoms with E-state index >= 15 is 0 Å². The van der Waals surface area contributed by atoms with Crippen molar-refractivity contribution in [3.05, 3.63) is 0 Å². The summed E-state index contributed by atoms with van der Waals surface area (Å²) in [6.07, 6.45) is 6.44. The van der Waals surface area contributed by atoms with Gasteiger partial charge in [0.15, 0.2) is 5.96 Å². The van der Waals surface area contributed by atoms with Gasteiger partial charge in [0.05, 0.1) is 12.7 Å². The van der Waals surface area contributed by atoms with E-state index in [9.17, 15) is 0 Å². The second-order valence-corrected chi connectivity index (χ2v) is 7.32. The van der Waals surface area contributed by atoms with Crippen LogP contribution in [0, 0.1) is 5.92 Å². The van der Waals surface area contributed by atoms with E-state index < -0.39 is 0 Å². The number of halogens is 1. The second-order valence-electron chi connectivity index (χ2n) is 7.32. The Labute approximate surface area is 176 Å². The minimum atomic E-state index is 0. The number of ether oxygens (including phenoxy) is 2. The van der Waals surface area contributed by atoms with Crippen molar-refractivity contribution in [3.63, 3.8) is 0 Å². The van der Waals surface area contributed by atoms with Crippen LogP contribution in [0.5, 0.6) is 0 Å². The van der Waals surface area contributed by atoms with E-state index in [1.165, 1.54) is 38.9 Å². The summed E-state index contributed by atoms with van der Waals surface area (Å²) in [5, 5.41) is 6.76. The van der Waals surface area contributed by atoms with Gasteiger partial charge >= 0.3 is 0 Å². The van der Waals surface area contributed by atoms with Crippen LogP contribution < -0.4 is 10.6 Å². The van der Waals surface area contributed by atoms with Crippen LogP contribution in [0.1, 0.15) is 46.0 Å². The molecular formula is C19H39IN4O2. The summed E-state index contributed by atoms with van der Waals surface area (Å²) in [7, 11) is 0. The SMILES string of the molecule is CCNC(=NCC(C)CN1CCCCC1)NCCCOC1CCOC1.I. The van der Waals surface area contributed by atoms with E-state index in [0.29, 0.717) is 12.0 Å². The Morgan fingerprint density at radius 3 is 2.77 bits per heavy atom. The van der Waals surface area contributed by atoms with Crippen LogP contribution in [-0.2, 0) is 9.47 Å². The number of aliphatic imine (C=N–C) groups is 1. The molecule has 0 aromatic rings. The highest BCUT2D eigenvalue weighted by atomic mass is 127. The number of hydrogen-bond donors (Lipinski definition) is 2. The quantitative estimate of drug-likeness (QED) is 0.217. The lowest BCUT2D eigenvalue weighted by atomic mass is 10.1. The van der Waals surface area contributed by atoms with Gasteiger partial charge in [-0.15, -0.1) is 24.0 Å². The number of hydrogen-bond acceptors (Lipinski definition) is 4. The third kappa shape index (κ3) is 10.3. The number of rotatable bonds is 10. The largest absolute Gasteiger partial charge is 0.379 e. The monoisotopic (exact) mass is 482 g/mol. The summed E-state index contributed by atoms with van der Waals surface area (Å²) in [6.45, 7) is 13.1. The highest BCUT2D eigenvalue weighted by Crippen LogP contribution is 2.11. The van der Waals surface area contributed by atoms with Gasteiger partial charge in [-0.2, -0.15) is 0 Å². The lowest BCUT2D eigenvalue weighted by Crippen LogP contribution is -2.39. The fourth-order valence-electron chi connectivity index (χ4n) is 3.40. The minimum Gasteiger partial charge on any atom is -0.379 e. The van der Waals surface area contributed by atoms with Gasteiger partial charge in [0.2, 0.25) is 0 Å². The average Bonchev–Trinajstić information content (AvgIpc) is 3.13. The molecule has 2 unspecified atom stereocenters. The normalized spacial score (nSPS) is 22.7. The van der Waals surface area contributed by atoms with Gasteiger partial charge in [-0.25, -0.2) is 0 Å². The number of nitrogens with one attached hydrogen (secondary N) is 2. The molecule has 2 aliphatic rings. The number of nitrogens with zero attached hydrogens (tertiary/aromatic N) is 2. The highest BCUT2D eigenvalue weighted by molar-refractivity contribution is 14.0. The third-order valence-electron chi connectivity index (χ3n) is 4.78. The Morgan fingerprint density at radius 2 is 2.08 bits per heavy atom. The van der Waals surface area contributed by atoms with Gasteiger partial charge in [-0.1, -0.05) is 13.3 Å². The van der Waals surface area contributed by atoms with Crippen LogP contribution in [0.2, 0.25) is 0 Å². The van der Waals surface area contributed by atoms with Gasteiger partial charge < -0.3 is 25.0 Å². The number of piperidine rings is 1. The fourth-order valence-corrected chi connectivity index (χ4v) is 3.40. The van der Waals surface area contributed by atoms with Crippen molar-refractivity contribution in [2.24, 2.45) is 10.9 Å². The fraction of sp³-hybridized carbons (Fsp3) is 0.947. The summed E-state index contributed by atoms with van der Waals surface area (Å²) in [6, 6.07) is 0. The Kier molecular flexibility index (Phi) is 13.7. The molecule has 0 amide bonds. The van der Waals surface area contributed by atoms with Crippen LogP contribution in [0.15, 0.2) is 4.99 Å². The van der Waals surface area contributed by atoms with E-state index in [2.05, 4.69) is 29.4 Å². The van der Waals surface area contributed by atoms with Gasteiger partial charge in [-0.3, -0.25) is 4.99 Å². The van der Waals surface area contributed by atoms with Crippen LogP contribution in [0.4, 0.5) is 0 Å². The Bertz CT molecular complexity index is 373. The molecule has 26 heavy (non-hydrogen) atoms. The number of likely N-dealkylation sites (tertiary alicyclic amines) is 1. The van der Waals surface area contributed by atoms with E-state index in [1.807, 2.05) is 0 Å². The Balaban J connectivity index is 0.00000338. The maximum Gasteiger partial charge on any atom is 0.191 e. The zero-order chi connectivity index (χ0) is 17.7. The first-order chi connectivity index (χ1) is 12.3. The Hall–Kier alpha value is -0.120. The first kappa shape index (κ1) is 23.9. The summed E-state index contributed by atoms with van der Waals surface area (Å²) < 4.78 is 11.1. The molecule has 7 heteroatoms. The van der Waals surface area contributed by atoms with Crippen LogP contribution in [-0.4, -0.2) is 76.1 Å². The van der Waals surface area contributed by atoms with Crippen LogP contribution in [0.3, 0.4) is 0 Å². The van der Waals surface area contributed by atoms with Crippen molar-refractivity contribution in [1.82, 2.24) is 15.5 Å². The zero-order valence-corrected chi connectivity index (χ0v) is 19.0. The molecule has 2 rings (SSSR count). The molecule has 0 radical (unpaired) electrons. The van der Waals surface area contributed by atoms with E-state index in [0.717, 1.165) is 58.3 Å². The highest BCUT2D eigenvalue weighted by Gasteiger charge is 2.15. The maximum absolute atomic E-state index is 5.80. The van der Waals surface area contributed by atoms with Crippen LogP contribution >= 0.6 is 24.0 Å². The molecule has 154 valence electrons. The Morgan fingerprint density at radius 1 is 1.27 bits per heavy atom. The second kappa shape index (κ2) is 14.9. The van der Waals surface area contributed by atoms with Gasteiger partial charge in [0.1, 0.15) is 0 Å². The van der Waals surface area contributed by atoms with E-state index in [4.69, 9.17) is 14.5 Å². The first-order valence-corrected chi connectivity index (χ1v) is 10.2.